The van der Waals surface area contributed by atoms with E-state index in [4.69, 9.17) is 0 Å². The second-order valence-corrected chi connectivity index (χ2v) is 3.56. The molecule has 0 radical (unpaired) electrons. The van der Waals surface area contributed by atoms with Crippen molar-refractivity contribution in [1.82, 2.24) is 19.7 Å². The average molecular weight is 258 g/mol. The number of nitrogens with zero attached hydrogens (tertiary/aromatic N) is 3. The lowest BCUT2D eigenvalue weighted by Crippen LogP contribution is -2.18. The molecule has 0 saturated heterocycles. The molecule has 96 valence electrons. The van der Waals surface area contributed by atoms with Gasteiger partial charge in [0, 0.05) is 24.4 Å². The van der Waals surface area contributed by atoms with E-state index in [9.17, 15) is 18.0 Å². The first kappa shape index (κ1) is 12.3. The van der Waals surface area contributed by atoms with E-state index in [1.54, 1.807) is 4.98 Å². The molecule has 2 rings (SSSR count). The molecule has 0 bridgehead atoms. The molecular formula is C10H9F3N4O. The Morgan fingerprint density at radius 1 is 1.44 bits per heavy atom. The zero-order valence-electron chi connectivity index (χ0n) is 9.32. The normalized spacial score (nSPS) is 11.8. The van der Waals surface area contributed by atoms with Gasteiger partial charge in [-0.1, -0.05) is 0 Å². The van der Waals surface area contributed by atoms with Crippen molar-refractivity contribution >= 4 is 0 Å². The van der Waals surface area contributed by atoms with Crippen LogP contribution in [0.4, 0.5) is 13.2 Å². The van der Waals surface area contributed by atoms with Gasteiger partial charge in [0.25, 0.3) is 5.56 Å². The minimum absolute atomic E-state index is 0.0502. The first-order valence-electron chi connectivity index (χ1n) is 5.11. The molecular weight excluding hydrogens is 249 g/mol. The Balaban J connectivity index is 2.51. The molecule has 0 saturated carbocycles. The van der Waals surface area contributed by atoms with Gasteiger partial charge in [0.05, 0.1) is 11.9 Å². The van der Waals surface area contributed by atoms with Gasteiger partial charge in [-0.2, -0.15) is 18.3 Å². The molecule has 0 fully saturated rings. The summed E-state index contributed by atoms with van der Waals surface area (Å²) in [5.41, 5.74) is -0.532. The average Bonchev–Trinajstić information content (AvgIpc) is 2.75. The maximum Gasteiger partial charge on any atom is 0.449 e. The maximum absolute atomic E-state index is 12.5. The van der Waals surface area contributed by atoms with Gasteiger partial charge in [-0.25, -0.2) is 4.98 Å². The van der Waals surface area contributed by atoms with Crippen LogP contribution in [0.1, 0.15) is 12.7 Å². The number of halogens is 3. The summed E-state index contributed by atoms with van der Waals surface area (Å²) in [7, 11) is 0. The van der Waals surface area contributed by atoms with Gasteiger partial charge in [-0.3, -0.25) is 9.48 Å². The molecule has 0 aromatic carbocycles. The largest absolute Gasteiger partial charge is 0.449 e. The number of aryl methyl sites for hydroxylation is 1. The van der Waals surface area contributed by atoms with Gasteiger partial charge in [0.2, 0.25) is 5.82 Å². The van der Waals surface area contributed by atoms with Crippen LogP contribution < -0.4 is 5.56 Å². The fourth-order valence-electron chi connectivity index (χ4n) is 1.41. The van der Waals surface area contributed by atoms with Crippen molar-refractivity contribution in [2.24, 2.45) is 0 Å². The van der Waals surface area contributed by atoms with Crippen molar-refractivity contribution in [2.45, 2.75) is 19.6 Å². The molecule has 5 nitrogen and oxygen atoms in total. The molecule has 0 aliphatic rings. The van der Waals surface area contributed by atoms with Crippen LogP contribution in [0.3, 0.4) is 0 Å². The number of rotatable bonds is 2. The van der Waals surface area contributed by atoms with Crippen molar-refractivity contribution in [2.75, 3.05) is 0 Å². The second kappa shape index (κ2) is 4.28. The highest BCUT2D eigenvalue weighted by Crippen LogP contribution is 2.26. The predicted molar refractivity (Wildman–Crippen MR) is 56.8 cm³/mol. The highest BCUT2D eigenvalue weighted by atomic mass is 19.4. The van der Waals surface area contributed by atoms with E-state index in [2.05, 4.69) is 10.1 Å². The summed E-state index contributed by atoms with van der Waals surface area (Å²) < 4.78 is 39.0. The van der Waals surface area contributed by atoms with Crippen LogP contribution in [0.2, 0.25) is 0 Å². The predicted octanol–water partition coefficient (Wildman–Crippen LogP) is 1.67. The molecule has 0 atom stereocenters. The summed E-state index contributed by atoms with van der Waals surface area (Å²) >= 11 is 0. The lowest BCUT2D eigenvalue weighted by molar-refractivity contribution is -0.145. The summed E-state index contributed by atoms with van der Waals surface area (Å²) in [4.78, 5) is 16.2. The van der Waals surface area contributed by atoms with Crippen LogP contribution >= 0.6 is 0 Å². The fraction of sp³-hybridized carbons (Fsp3) is 0.300. The van der Waals surface area contributed by atoms with E-state index in [1.807, 2.05) is 6.92 Å². The van der Waals surface area contributed by atoms with Gasteiger partial charge >= 0.3 is 6.18 Å². The molecule has 0 spiro atoms. The van der Waals surface area contributed by atoms with E-state index in [0.29, 0.717) is 12.1 Å². The highest BCUT2D eigenvalue weighted by molar-refractivity contribution is 5.56. The van der Waals surface area contributed by atoms with Gasteiger partial charge in [-0.15, -0.1) is 0 Å². The van der Waals surface area contributed by atoms with Crippen LogP contribution in [0.5, 0.6) is 0 Å². The highest BCUT2D eigenvalue weighted by Gasteiger charge is 2.34. The number of hydrogen-bond donors (Lipinski definition) is 1. The Morgan fingerprint density at radius 2 is 2.17 bits per heavy atom. The first-order valence-corrected chi connectivity index (χ1v) is 5.11. The Kier molecular flexibility index (Phi) is 2.93. The molecule has 8 heteroatoms. The summed E-state index contributed by atoms with van der Waals surface area (Å²) in [6.07, 6.45) is -1.79. The van der Waals surface area contributed by atoms with Crippen molar-refractivity contribution in [3.63, 3.8) is 0 Å². The third kappa shape index (κ3) is 2.41. The van der Waals surface area contributed by atoms with Crippen LogP contribution in [0, 0.1) is 0 Å². The molecule has 18 heavy (non-hydrogen) atoms. The molecule has 2 aromatic rings. The summed E-state index contributed by atoms with van der Waals surface area (Å²) in [6.45, 7) is 2.42. The third-order valence-corrected chi connectivity index (χ3v) is 2.26. The topological polar surface area (TPSA) is 63.6 Å². The Bertz CT molecular complexity index is 614. The van der Waals surface area contributed by atoms with Gasteiger partial charge in [-0.05, 0) is 6.92 Å². The molecule has 0 aliphatic carbocycles. The van der Waals surface area contributed by atoms with Crippen LogP contribution in [-0.2, 0) is 12.7 Å². The number of alkyl halides is 3. The van der Waals surface area contributed by atoms with Crippen molar-refractivity contribution < 1.29 is 13.2 Å². The zero-order valence-corrected chi connectivity index (χ0v) is 9.32. The molecule has 1 N–H and O–H groups in total. The quantitative estimate of drug-likeness (QED) is 0.891. The van der Waals surface area contributed by atoms with Crippen LogP contribution in [0.15, 0.2) is 23.3 Å². The molecule has 0 amide bonds. The Hall–Kier alpha value is -2.12. The monoisotopic (exact) mass is 258 g/mol. The zero-order chi connectivity index (χ0) is 13.3. The second-order valence-electron chi connectivity index (χ2n) is 3.56. The number of H-pyrrole nitrogens is 1. The van der Waals surface area contributed by atoms with Crippen LogP contribution in [-0.4, -0.2) is 19.7 Å². The SMILES string of the molecule is CCn1cc(-c2cc(=O)[nH]c(C(F)(F)F)n2)cn1. The molecule has 2 aromatic heterocycles. The third-order valence-electron chi connectivity index (χ3n) is 2.26. The Labute approximate surface area is 99.3 Å². The van der Waals surface area contributed by atoms with E-state index in [-0.39, 0.29) is 5.69 Å². The van der Waals surface area contributed by atoms with Gasteiger partial charge in [0.15, 0.2) is 0 Å². The van der Waals surface area contributed by atoms with E-state index in [1.165, 1.54) is 17.1 Å². The van der Waals surface area contributed by atoms with E-state index >= 15 is 0 Å². The lowest BCUT2D eigenvalue weighted by atomic mass is 10.2. The minimum atomic E-state index is -4.68. The van der Waals surface area contributed by atoms with Crippen molar-refractivity contribution in [3.8, 4) is 11.3 Å². The standard InChI is InChI=1S/C10H9F3N4O/c1-2-17-5-6(4-14-17)7-3-8(18)16-9(15-7)10(11,12)13/h3-5H,2H2,1H3,(H,15,16,18). The summed E-state index contributed by atoms with van der Waals surface area (Å²) in [5.74, 6) is -1.31. The summed E-state index contributed by atoms with van der Waals surface area (Å²) in [5, 5.41) is 3.92. The minimum Gasteiger partial charge on any atom is -0.303 e. The number of aromatic amines is 1. The lowest BCUT2D eigenvalue weighted by Gasteiger charge is -2.05. The molecule has 0 aliphatic heterocycles. The molecule has 2 heterocycles. The molecule has 0 unspecified atom stereocenters. The van der Waals surface area contributed by atoms with Crippen molar-refractivity contribution in [3.05, 3.63) is 34.6 Å². The van der Waals surface area contributed by atoms with E-state index < -0.39 is 17.6 Å². The van der Waals surface area contributed by atoms with Crippen molar-refractivity contribution in [1.29, 1.82) is 0 Å². The number of hydrogen-bond acceptors (Lipinski definition) is 3. The van der Waals surface area contributed by atoms with Gasteiger partial charge in [0.1, 0.15) is 0 Å². The van der Waals surface area contributed by atoms with Gasteiger partial charge < -0.3 is 4.98 Å². The maximum atomic E-state index is 12.5. The smallest absolute Gasteiger partial charge is 0.303 e. The Morgan fingerprint density at radius 3 is 2.72 bits per heavy atom. The van der Waals surface area contributed by atoms with E-state index in [0.717, 1.165) is 6.07 Å². The number of nitrogens with one attached hydrogen (secondary N) is 1. The first-order chi connectivity index (χ1) is 8.40. The number of aromatic nitrogens is 4. The van der Waals surface area contributed by atoms with Crippen LogP contribution in [0.25, 0.3) is 11.3 Å². The summed E-state index contributed by atoms with van der Waals surface area (Å²) in [6, 6.07) is 1.01. The fourth-order valence-corrected chi connectivity index (χ4v) is 1.41.